The predicted molar refractivity (Wildman–Crippen MR) is 134 cm³/mol. The summed E-state index contributed by atoms with van der Waals surface area (Å²) < 4.78 is 17.3. The summed E-state index contributed by atoms with van der Waals surface area (Å²) in [6.07, 6.45) is -0.534. The van der Waals surface area contributed by atoms with E-state index in [0.717, 1.165) is 17.0 Å². The Kier molecular flexibility index (Phi) is 6.94. The molecule has 1 fully saturated rings. The minimum atomic E-state index is -0.617. The van der Waals surface area contributed by atoms with Gasteiger partial charge in [0, 0.05) is 24.6 Å². The van der Waals surface area contributed by atoms with Gasteiger partial charge >= 0.3 is 6.09 Å². The molecule has 4 rings (SSSR count). The standard InChI is InChI=1S/C29H33NO4/c1-29(2,3)34-28(31)30(22-16-18-23(32-4)19-17-22)26-24(20-12-8-6-9-13-20)25(26)27(33-5)21-14-10-7-11-15-21/h6-19,24-27H,1-5H3/t24-,25+,26+,27-/m1/s1. The van der Waals surface area contributed by atoms with E-state index in [9.17, 15) is 4.79 Å². The van der Waals surface area contributed by atoms with E-state index in [0.29, 0.717) is 0 Å². The molecule has 5 heteroatoms. The largest absolute Gasteiger partial charge is 0.497 e. The van der Waals surface area contributed by atoms with Crippen molar-refractivity contribution in [3.05, 3.63) is 96.1 Å². The molecule has 178 valence electrons. The maximum absolute atomic E-state index is 13.6. The van der Waals surface area contributed by atoms with Crippen LogP contribution in [0.15, 0.2) is 84.9 Å². The molecule has 0 saturated heterocycles. The lowest BCUT2D eigenvalue weighted by molar-refractivity contribution is 0.0557. The number of benzene rings is 3. The van der Waals surface area contributed by atoms with Gasteiger partial charge in [-0.2, -0.15) is 0 Å². The van der Waals surface area contributed by atoms with Gasteiger partial charge in [0.25, 0.3) is 0 Å². The monoisotopic (exact) mass is 459 g/mol. The zero-order valence-electron chi connectivity index (χ0n) is 20.5. The molecule has 4 atom stereocenters. The number of carbonyl (C=O) groups is 1. The summed E-state index contributed by atoms with van der Waals surface area (Å²) in [5, 5.41) is 0. The molecule has 0 unspecified atom stereocenters. The number of methoxy groups -OCH3 is 2. The Hall–Kier alpha value is -3.31. The summed E-state index contributed by atoms with van der Waals surface area (Å²) in [7, 11) is 3.37. The van der Waals surface area contributed by atoms with Gasteiger partial charge in [-0.3, -0.25) is 4.90 Å². The van der Waals surface area contributed by atoms with Crippen LogP contribution in [0.4, 0.5) is 10.5 Å². The van der Waals surface area contributed by atoms with E-state index in [1.165, 1.54) is 5.56 Å². The lowest BCUT2D eigenvalue weighted by Gasteiger charge is -2.29. The lowest BCUT2D eigenvalue weighted by atomic mass is 10.0. The van der Waals surface area contributed by atoms with Crippen LogP contribution in [0.3, 0.4) is 0 Å². The van der Waals surface area contributed by atoms with Gasteiger partial charge in [-0.25, -0.2) is 4.79 Å². The van der Waals surface area contributed by atoms with E-state index in [2.05, 4.69) is 24.3 Å². The van der Waals surface area contributed by atoms with Gasteiger partial charge in [-0.15, -0.1) is 0 Å². The number of rotatable bonds is 7. The van der Waals surface area contributed by atoms with E-state index in [-0.39, 0.29) is 30.1 Å². The first-order valence-electron chi connectivity index (χ1n) is 11.6. The number of hydrogen-bond acceptors (Lipinski definition) is 4. The van der Waals surface area contributed by atoms with Crippen molar-refractivity contribution in [1.29, 1.82) is 0 Å². The third kappa shape index (κ3) is 5.10. The van der Waals surface area contributed by atoms with Gasteiger partial charge in [-0.1, -0.05) is 60.7 Å². The Bertz CT molecular complexity index is 1080. The average Bonchev–Trinajstić information content (AvgIpc) is 3.54. The first-order valence-corrected chi connectivity index (χ1v) is 11.6. The molecule has 0 bridgehead atoms. The van der Waals surface area contributed by atoms with Crippen molar-refractivity contribution >= 4 is 11.8 Å². The normalized spacial score (nSPS) is 20.3. The number of ether oxygens (including phenoxy) is 3. The number of carbonyl (C=O) groups excluding carboxylic acids is 1. The van der Waals surface area contributed by atoms with Crippen LogP contribution in [0.25, 0.3) is 0 Å². The predicted octanol–water partition coefficient (Wildman–Crippen LogP) is 6.61. The second kappa shape index (κ2) is 9.90. The molecule has 0 N–H and O–H groups in total. The Morgan fingerprint density at radius 1 is 0.853 bits per heavy atom. The van der Waals surface area contributed by atoms with Crippen LogP contribution in [0, 0.1) is 5.92 Å². The summed E-state index contributed by atoms with van der Waals surface area (Å²) >= 11 is 0. The van der Waals surface area contributed by atoms with Crippen molar-refractivity contribution in [2.45, 2.75) is 44.4 Å². The van der Waals surface area contributed by atoms with Gasteiger partial charge in [0.05, 0.1) is 19.3 Å². The lowest BCUT2D eigenvalue weighted by Crippen LogP contribution is -2.40. The fourth-order valence-electron chi connectivity index (χ4n) is 4.72. The van der Waals surface area contributed by atoms with E-state index >= 15 is 0 Å². The molecule has 0 aliphatic heterocycles. The highest BCUT2D eigenvalue weighted by molar-refractivity contribution is 5.90. The molecule has 3 aromatic carbocycles. The van der Waals surface area contributed by atoms with Crippen LogP contribution in [-0.2, 0) is 9.47 Å². The van der Waals surface area contributed by atoms with Crippen LogP contribution in [0.5, 0.6) is 5.75 Å². The molecule has 1 aliphatic rings. The van der Waals surface area contributed by atoms with Crippen molar-refractivity contribution in [3.63, 3.8) is 0 Å². The van der Waals surface area contributed by atoms with Crippen molar-refractivity contribution in [2.24, 2.45) is 5.92 Å². The molecule has 0 heterocycles. The van der Waals surface area contributed by atoms with Crippen LogP contribution in [0.2, 0.25) is 0 Å². The minimum Gasteiger partial charge on any atom is -0.497 e. The van der Waals surface area contributed by atoms with Crippen molar-refractivity contribution in [3.8, 4) is 5.75 Å². The molecule has 3 aromatic rings. The summed E-state index contributed by atoms with van der Waals surface area (Å²) in [6, 6.07) is 28.0. The van der Waals surface area contributed by atoms with Crippen molar-refractivity contribution in [1.82, 2.24) is 0 Å². The number of nitrogens with zero attached hydrogens (tertiary/aromatic N) is 1. The topological polar surface area (TPSA) is 48.0 Å². The summed E-state index contributed by atoms with van der Waals surface area (Å²) in [5.74, 6) is 0.893. The quantitative estimate of drug-likeness (QED) is 0.399. The van der Waals surface area contributed by atoms with Crippen LogP contribution in [0.1, 0.15) is 43.9 Å². The van der Waals surface area contributed by atoms with E-state index in [1.807, 2.05) is 81.4 Å². The van der Waals surface area contributed by atoms with Crippen molar-refractivity contribution in [2.75, 3.05) is 19.1 Å². The smallest absolute Gasteiger partial charge is 0.415 e. The Morgan fingerprint density at radius 2 is 1.44 bits per heavy atom. The molecular formula is C29H33NO4. The summed E-state index contributed by atoms with van der Waals surface area (Å²) in [4.78, 5) is 15.4. The third-order valence-corrected chi connectivity index (χ3v) is 6.19. The van der Waals surface area contributed by atoms with Gasteiger partial charge in [0.15, 0.2) is 0 Å². The van der Waals surface area contributed by atoms with E-state index in [4.69, 9.17) is 14.2 Å². The van der Waals surface area contributed by atoms with Crippen LogP contribution in [-0.4, -0.2) is 32.0 Å². The molecule has 1 aliphatic carbocycles. The second-order valence-electron chi connectivity index (χ2n) is 9.62. The van der Waals surface area contributed by atoms with Gasteiger partial charge in [-0.05, 0) is 56.2 Å². The summed E-state index contributed by atoms with van der Waals surface area (Å²) in [5.41, 5.74) is 2.43. The molecule has 5 nitrogen and oxygen atoms in total. The highest BCUT2D eigenvalue weighted by atomic mass is 16.6. The fourth-order valence-corrected chi connectivity index (χ4v) is 4.72. The first kappa shape index (κ1) is 23.8. The third-order valence-electron chi connectivity index (χ3n) is 6.19. The van der Waals surface area contributed by atoms with Gasteiger partial charge < -0.3 is 14.2 Å². The van der Waals surface area contributed by atoms with Gasteiger partial charge in [0.2, 0.25) is 0 Å². The Labute approximate surface area is 202 Å². The average molecular weight is 460 g/mol. The molecule has 0 aromatic heterocycles. The molecule has 34 heavy (non-hydrogen) atoms. The second-order valence-corrected chi connectivity index (χ2v) is 9.62. The number of anilines is 1. The maximum atomic E-state index is 13.6. The SMILES string of the molecule is COc1ccc(N(C(=O)OC(C)(C)C)[C@H]2[C@H](c3ccccc3)[C@@H]2[C@H](OC)c2ccccc2)cc1. The van der Waals surface area contributed by atoms with Gasteiger partial charge in [0.1, 0.15) is 11.4 Å². The molecule has 0 radical (unpaired) electrons. The van der Waals surface area contributed by atoms with Crippen LogP contribution >= 0.6 is 0 Å². The molecule has 1 amide bonds. The molecule has 1 saturated carbocycles. The summed E-state index contributed by atoms with van der Waals surface area (Å²) in [6.45, 7) is 5.66. The van der Waals surface area contributed by atoms with Crippen molar-refractivity contribution < 1.29 is 19.0 Å². The molecular weight excluding hydrogens is 426 g/mol. The minimum absolute atomic E-state index is 0.0596. The Morgan fingerprint density at radius 3 is 1.97 bits per heavy atom. The zero-order chi connectivity index (χ0) is 24.3. The maximum Gasteiger partial charge on any atom is 0.415 e. The van der Waals surface area contributed by atoms with E-state index < -0.39 is 5.60 Å². The first-order chi connectivity index (χ1) is 16.3. The highest BCUT2D eigenvalue weighted by Crippen LogP contribution is 2.59. The molecule has 0 spiro atoms. The Balaban J connectivity index is 1.78. The zero-order valence-corrected chi connectivity index (χ0v) is 20.5. The fraction of sp³-hybridized carbons (Fsp3) is 0.345. The number of amides is 1. The van der Waals surface area contributed by atoms with E-state index in [1.54, 1.807) is 19.1 Å². The van der Waals surface area contributed by atoms with Crippen LogP contribution < -0.4 is 9.64 Å². The highest BCUT2D eigenvalue weighted by Gasteiger charge is 2.60. The number of hydrogen-bond donors (Lipinski definition) is 0.